The molecule has 0 unspecified atom stereocenters. The summed E-state index contributed by atoms with van der Waals surface area (Å²) in [6.45, 7) is 17.8. The van der Waals surface area contributed by atoms with Crippen molar-refractivity contribution in [3.05, 3.63) is 35.5 Å². The molecule has 0 aromatic rings. The summed E-state index contributed by atoms with van der Waals surface area (Å²) in [6.07, 6.45) is 12.9. The number of allylic oxidation sites excluding steroid dienone is 4. The topological polar surface area (TPSA) is 74.6 Å². The second-order valence-corrected chi connectivity index (χ2v) is 12.4. The minimum absolute atomic E-state index is 0.0541. The summed E-state index contributed by atoms with van der Waals surface area (Å²) in [4.78, 5) is 22.7. The van der Waals surface area contributed by atoms with Gasteiger partial charge in [-0.25, -0.2) is 4.79 Å². The van der Waals surface area contributed by atoms with Crippen molar-refractivity contribution in [1.29, 1.82) is 0 Å². The summed E-state index contributed by atoms with van der Waals surface area (Å²) in [5.41, 5.74) is 3.54. The predicted molar refractivity (Wildman–Crippen MR) is 137 cm³/mol. The van der Waals surface area contributed by atoms with Crippen LogP contribution in [0.5, 0.6) is 0 Å². The van der Waals surface area contributed by atoms with E-state index >= 15 is 0 Å². The maximum Gasteiger partial charge on any atom is 0.330 e. The molecule has 34 heavy (non-hydrogen) atoms. The van der Waals surface area contributed by atoms with Crippen LogP contribution in [-0.4, -0.2) is 22.2 Å². The lowest BCUT2D eigenvalue weighted by Crippen LogP contribution is -2.52. The summed E-state index contributed by atoms with van der Waals surface area (Å²) in [5, 5.41) is 18.6. The zero-order valence-electron chi connectivity index (χ0n) is 22.2. The molecule has 7 atom stereocenters. The van der Waals surface area contributed by atoms with Crippen LogP contribution in [0.3, 0.4) is 0 Å². The standard InChI is InChI=1S/C30H46O4/c1-19(2)22-11-12-25-24(28(22,5)16-15-26(31)32)14-18-29(6)23(13-17-30(25,29)7)20(3)9-8-10-21(4)27(33)34/h10,12,20,22-24H,1,8-9,11,13-18H2,2-7H3,(H,31,32)(H,33,34)/b21-10-/t20-,22+,23-,24+,28+,29-,30+/m1/s1. The number of hydrogen-bond acceptors (Lipinski definition) is 2. The van der Waals surface area contributed by atoms with Crippen LogP contribution in [0.1, 0.15) is 99.3 Å². The molecule has 2 fully saturated rings. The van der Waals surface area contributed by atoms with E-state index in [0.717, 1.165) is 25.7 Å². The summed E-state index contributed by atoms with van der Waals surface area (Å²) in [6, 6.07) is 0. The molecule has 0 aliphatic heterocycles. The minimum atomic E-state index is -0.824. The molecule has 0 heterocycles. The first kappa shape index (κ1) is 26.8. The lowest BCUT2D eigenvalue weighted by Gasteiger charge is -2.60. The average Bonchev–Trinajstić information content (AvgIpc) is 3.03. The second-order valence-electron chi connectivity index (χ2n) is 12.4. The highest BCUT2D eigenvalue weighted by Crippen LogP contribution is 2.71. The molecule has 0 aromatic carbocycles. The van der Waals surface area contributed by atoms with E-state index in [1.807, 2.05) is 6.08 Å². The maximum atomic E-state index is 11.5. The van der Waals surface area contributed by atoms with E-state index in [1.165, 1.54) is 24.8 Å². The molecule has 4 heteroatoms. The van der Waals surface area contributed by atoms with E-state index < -0.39 is 11.9 Å². The van der Waals surface area contributed by atoms with E-state index in [9.17, 15) is 14.7 Å². The number of aliphatic carboxylic acids is 2. The Kier molecular flexibility index (Phi) is 7.60. The normalized spacial score (nSPS) is 38.5. The number of fused-ring (bicyclic) bond motifs is 3. The number of rotatable bonds is 9. The SMILES string of the molecule is C=C(C)[C@@H]1CC=C2[C@H](CC[C@]3(C)[C@@H]([C@H](C)CC/C=C(/C)C(=O)O)CC[C@@]23C)[C@@]1(C)CCC(=O)O. The Bertz CT molecular complexity index is 897. The molecular formula is C30H46O4. The van der Waals surface area contributed by atoms with Crippen molar-refractivity contribution in [1.82, 2.24) is 0 Å². The van der Waals surface area contributed by atoms with Gasteiger partial charge in [0, 0.05) is 12.0 Å². The van der Waals surface area contributed by atoms with Crippen LogP contribution in [-0.2, 0) is 9.59 Å². The third-order valence-electron chi connectivity index (χ3n) is 10.7. The first-order valence-corrected chi connectivity index (χ1v) is 13.3. The van der Waals surface area contributed by atoms with Gasteiger partial charge in [0.25, 0.3) is 0 Å². The fourth-order valence-electron chi connectivity index (χ4n) is 8.44. The Balaban J connectivity index is 1.87. The van der Waals surface area contributed by atoms with Gasteiger partial charge in [0.1, 0.15) is 0 Å². The van der Waals surface area contributed by atoms with E-state index in [-0.39, 0.29) is 22.7 Å². The zero-order chi connectivity index (χ0) is 25.5. The molecule has 2 N–H and O–H groups in total. The molecule has 3 aliphatic rings. The minimum Gasteiger partial charge on any atom is -0.481 e. The second kappa shape index (κ2) is 9.66. The molecule has 2 saturated carbocycles. The van der Waals surface area contributed by atoms with E-state index in [0.29, 0.717) is 35.7 Å². The predicted octanol–water partition coefficient (Wildman–Crippen LogP) is 7.66. The average molecular weight is 471 g/mol. The first-order chi connectivity index (χ1) is 15.8. The van der Waals surface area contributed by atoms with Gasteiger partial charge in [-0.3, -0.25) is 4.79 Å². The first-order valence-electron chi connectivity index (χ1n) is 13.3. The Morgan fingerprint density at radius 1 is 1.18 bits per heavy atom. The van der Waals surface area contributed by atoms with Gasteiger partial charge in [0.15, 0.2) is 0 Å². The van der Waals surface area contributed by atoms with Crippen LogP contribution >= 0.6 is 0 Å². The molecule has 0 aromatic heterocycles. The highest BCUT2D eigenvalue weighted by Gasteiger charge is 2.63. The van der Waals surface area contributed by atoms with Gasteiger partial charge in [-0.1, -0.05) is 57.6 Å². The van der Waals surface area contributed by atoms with Gasteiger partial charge in [0.2, 0.25) is 0 Å². The quantitative estimate of drug-likeness (QED) is 0.268. The third-order valence-corrected chi connectivity index (χ3v) is 10.7. The number of carboxylic acids is 2. The molecule has 0 amide bonds. The van der Waals surface area contributed by atoms with Crippen LogP contribution in [0.2, 0.25) is 0 Å². The van der Waals surface area contributed by atoms with Gasteiger partial charge in [0.05, 0.1) is 0 Å². The molecule has 0 saturated heterocycles. The summed E-state index contributed by atoms with van der Waals surface area (Å²) in [5.74, 6) is 0.416. The van der Waals surface area contributed by atoms with Gasteiger partial charge in [-0.2, -0.15) is 0 Å². The number of carbonyl (C=O) groups is 2. The molecule has 0 radical (unpaired) electrons. The van der Waals surface area contributed by atoms with Crippen LogP contribution in [0.4, 0.5) is 0 Å². The maximum absolute atomic E-state index is 11.5. The van der Waals surface area contributed by atoms with Crippen LogP contribution in [0.25, 0.3) is 0 Å². The highest BCUT2D eigenvalue weighted by molar-refractivity contribution is 5.85. The lowest BCUT2D eigenvalue weighted by atomic mass is 9.44. The van der Waals surface area contributed by atoms with Gasteiger partial charge >= 0.3 is 11.9 Å². The Morgan fingerprint density at radius 2 is 1.85 bits per heavy atom. The van der Waals surface area contributed by atoms with E-state index in [1.54, 1.807) is 12.5 Å². The number of carboxylic acid groups (broad SMARTS) is 2. The fourth-order valence-corrected chi connectivity index (χ4v) is 8.44. The van der Waals surface area contributed by atoms with Gasteiger partial charge in [-0.05, 0) is 105 Å². The third kappa shape index (κ3) is 4.42. The van der Waals surface area contributed by atoms with Crippen molar-refractivity contribution >= 4 is 11.9 Å². The Morgan fingerprint density at radius 3 is 2.44 bits per heavy atom. The van der Waals surface area contributed by atoms with Crippen LogP contribution in [0, 0.1) is 39.9 Å². The van der Waals surface area contributed by atoms with Crippen molar-refractivity contribution in [3.63, 3.8) is 0 Å². The van der Waals surface area contributed by atoms with Crippen LogP contribution in [0.15, 0.2) is 35.5 Å². The monoisotopic (exact) mass is 470 g/mol. The summed E-state index contributed by atoms with van der Waals surface area (Å²) >= 11 is 0. The van der Waals surface area contributed by atoms with Crippen LogP contribution < -0.4 is 0 Å². The van der Waals surface area contributed by atoms with Crippen molar-refractivity contribution in [2.24, 2.45) is 39.9 Å². The van der Waals surface area contributed by atoms with Crippen molar-refractivity contribution < 1.29 is 19.8 Å². The van der Waals surface area contributed by atoms with Crippen molar-refractivity contribution in [3.8, 4) is 0 Å². The molecule has 190 valence electrons. The molecular weight excluding hydrogens is 424 g/mol. The summed E-state index contributed by atoms with van der Waals surface area (Å²) in [7, 11) is 0. The zero-order valence-corrected chi connectivity index (χ0v) is 22.2. The van der Waals surface area contributed by atoms with E-state index in [4.69, 9.17) is 5.11 Å². The van der Waals surface area contributed by atoms with Gasteiger partial charge < -0.3 is 10.2 Å². The summed E-state index contributed by atoms with van der Waals surface area (Å²) < 4.78 is 0. The fraction of sp³-hybridized carbons (Fsp3) is 0.733. The molecule has 0 spiro atoms. The van der Waals surface area contributed by atoms with Crippen molar-refractivity contribution in [2.75, 3.05) is 0 Å². The molecule has 3 aliphatic carbocycles. The van der Waals surface area contributed by atoms with Crippen molar-refractivity contribution in [2.45, 2.75) is 99.3 Å². The largest absolute Gasteiger partial charge is 0.481 e. The lowest BCUT2D eigenvalue weighted by molar-refractivity contribution is -0.138. The van der Waals surface area contributed by atoms with Gasteiger partial charge in [-0.15, -0.1) is 0 Å². The number of hydrogen-bond donors (Lipinski definition) is 2. The molecule has 4 nitrogen and oxygen atoms in total. The molecule has 0 bridgehead atoms. The Hall–Kier alpha value is -1.84. The smallest absolute Gasteiger partial charge is 0.330 e. The highest BCUT2D eigenvalue weighted by atomic mass is 16.4. The van der Waals surface area contributed by atoms with E-state index in [2.05, 4.69) is 47.3 Å². The Labute approximate surface area is 206 Å². The molecule has 3 rings (SSSR count).